The lowest BCUT2D eigenvalue weighted by Crippen LogP contribution is -2.18. The minimum atomic E-state index is -0.852. The van der Waals surface area contributed by atoms with Crippen molar-refractivity contribution in [2.24, 2.45) is 0 Å². The fourth-order valence-electron chi connectivity index (χ4n) is 3.10. The predicted molar refractivity (Wildman–Crippen MR) is 107 cm³/mol. The molecule has 140 valence electrons. The Morgan fingerprint density at radius 2 is 1.68 bits per heavy atom. The van der Waals surface area contributed by atoms with Gasteiger partial charge >= 0.3 is 5.76 Å². The fourth-order valence-corrected chi connectivity index (χ4v) is 3.23. The van der Waals surface area contributed by atoms with Crippen LogP contribution in [0.25, 0.3) is 11.1 Å². The van der Waals surface area contributed by atoms with E-state index in [4.69, 9.17) is 16.0 Å². The SMILES string of the molecule is O=C(c1ccc(Cl)cc1)c1ccc2c(c1)oc(=O)n2CC(O)c1ccccc1. The van der Waals surface area contributed by atoms with Gasteiger partial charge in [-0.15, -0.1) is 0 Å². The number of hydrogen-bond acceptors (Lipinski definition) is 4. The summed E-state index contributed by atoms with van der Waals surface area (Å²) in [5.41, 5.74) is 2.42. The van der Waals surface area contributed by atoms with Crippen LogP contribution in [-0.4, -0.2) is 15.5 Å². The number of halogens is 1. The zero-order valence-corrected chi connectivity index (χ0v) is 15.5. The summed E-state index contributed by atoms with van der Waals surface area (Å²) in [6, 6.07) is 20.5. The van der Waals surface area contributed by atoms with E-state index in [0.717, 1.165) is 0 Å². The number of nitrogens with zero attached hydrogens (tertiary/aromatic N) is 1. The molecule has 0 aliphatic carbocycles. The third-order valence-corrected chi connectivity index (χ3v) is 4.83. The lowest BCUT2D eigenvalue weighted by atomic mass is 10.0. The van der Waals surface area contributed by atoms with Gasteiger partial charge in [0.25, 0.3) is 0 Å². The minimum Gasteiger partial charge on any atom is -0.408 e. The summed E-state index contributed by atoms with van der Waals surface area (Å²) in [4.78, 5) is 24.9. The van der Waals surface area contributed by atoms with Gasteiger partial charge in [0.15, 0.2) is 11.4 Å². The summed E-state index contributed by atoms with van der Waals surface area (Å²) in [6.07, 6.45) is -0.852. The van der Waals surface area contributed by atoms with Crippen molar-refractivity contribution >= 4 is 28.5 Å². The molecule has 0 saturated heterocycles. The van der Waals surface area contributed by atoms with E-state index >= 15 is 0 Å². The third kappa shape index (κ3) is 3.50. The second-order valence-electron chi connectivity index (χ2n) is 6.42. The molecule has 6 heteroatoms. The molecule has 0 amide bonds. The van der Waals surface area contributed by atoms with E-state index in [2.05, 4.69) is 0 Å². The number of ketones is 1. The van der Waals surface area contributed by atoms with E-state index in [1.165, 1.54) is 4.57 Å². The molecule has 1 unspecified atom stereocenters. The molecule has 4 rings (SSSR count). The van der Waals surface area contributed by atoms with Crippen LogP contribution in [0, 0.1) is 0 Å². The van der Waals surface area contributed by atoms with E-state index in [1.54, 1.807) is 54.6 Å². The second-order valence-corrected chi connectivity index (χ2v) is 6.86. The maximum atomic E-state index is 12.6. The normalized spacial score (nSPS) is 12.2. The predicted octanol–water partition coefficient (Wildman–Crippen LogP) is 4.21. The number of carbonyl (C=O) groups is 1. The quantitative estimate of drug-likeness (QED) is 0.515. The van der Waals surface area contributed by atoms with Crippen LogP contribution < -0.4 is 5.76 Å². The summed E-state index contributed by atoms with van der Waals surface area (Å²) in [5, 5.41) is 11.0. The first-order valence-electron chi connectivity index (χ1n) is 8.69. The van der Waals surface area contributed by atoms with Crippen molar-refractivity contribution in [1.82, 2.24) is 4.57 Å². The van der Waals surface area contributed by atoms with Gasteiger partial charge in [0, 0.05) is 16.1 Å². The van der Waals surface area contributed by atoms with Crippen LogP contribution in [0.15, 0.2) is 82.0 Å². The van der Waals surface area contributed by atoms with E-state index in [0.29, 0.717) is 32.8 Å². The average molecular weight is 394 g/mol. The van der Waals surface area contributed by atoms with E-state index in [-0.39, 0.29) is 12.3 Å². The average Bonchev–Trinajstić information content (AvgIpc) is 3.03. The smallest absolute Gasteiger partial charge is 0.408 e. The Bertz CT molecular complexity index is 1190. The Morgan fingerprint density at radius 1 is 1.00 bits per heavy atom. The first kappa shape index (κ1) is 18.2. The number of oxazole rings is 1. The maximum absolute atomic E-state index is 12.6. The highest BCUT2D eigenvalue weighted by atomic mass is 35.5. The monoisotopic (exact) mass is 393 g/mol. The van der Waals surface area contributed by atoms with Crippen LogP contribution >= 0.6 is 11.6 Å². The van der Waals surface area contributed by atoms with E-state index in [9.17, 15) is 14.7 Å². The molecule has 3 aromatic carbocycles. The second kappa shape index (κ2) is 7.46. The van der Waals surface area contributed by atoms with Crippen LogP contribution in [0.2, 0.25) is 5.02 Å². The standard InChI is InChI=1S/C22H16ClNO4/c23-17-9-6-15(7-10-17)21(26)16-8-11-18-20(12-16)28-22(27)24(18)13-19(25)14-4-2-1-3-5-14/h1-12,19,25H,13H2. The van der Waals surface area contributed by atoms with Gasteiger partial charge in [0.1, 0.15) is 0 Å². The van der Waals surface area contributed by atoms with Crippen LogP contribution in [0.1, 0.15) is 27.6 Å². The Kier molecular flexibility index (Phi) is 4.86. The van der Waals surface area contributed by atoms with Crippen LogP contribution in [-0.2, 0) is 6.54 Å². The Morgan fingerprint density at radius 3 is 2.39 bits per heavy atom. The minimum absolute atomic E-state index is 0.0559. The van der Waals surface area contributed by atoms with Crippen LogP contribution in [0.3, 0.4) is 0 Å². The Hall–Kier alpha value is -3.15. The number of carbonyl (C=O) groups excluding carboxylic acids is 1. The highest BCUT2D eigenvalue weighted by Crippen LogP contribution is 2.21. The van der Waals surface area contributed by atoms with Gasteiger partial charge in [-0.1, -0.05) is 41.9 Å². The van der Waals surface area contributed by atoms with Crippen molar-refractivity contribution in [3.05, 3.63) is 105 Å². The van der Waals surface area contributed by atoms with Gasteiger partial charge in [-0.05, 0) is 48.0 Å². The molecule has 0 fully saturated rings. The van der Waals surface area contributed by atoms with Crippen molar-refractivity contribution in [2.45, 2.75) is 12.6 Å². The molecular weight excluding hydrogens is 378 g/mol. The van der Waals surface area contributed by atoms with Crippen molar-refractivity contribution in [1.29, 1.82) is 0 Å². The third-order valence-electron chi connectivity index (χ3n) is 4.58. The molecule has 1 atom stereocenters. The van der Waals surface area contributed by atoms with E-state index in [1.807, 2.05) is 18.2 Å². The highest BCUT2D eigenvalue weighted by molar-refractivity contribution is 6.30. The first-order valence-corrected chi connectivity index (χ1v) is 9.07. The van der Waals surface area contributed by atoms with Crippen molar-refractivity contribution in [3.63, 3.8) is 0 Å². The van der Waals surface area contributed by atoms with Gasteiger partial charge in [-0.3, -0.25) is 9.36 Å². The zero-order chi connectivity index (χ0) is 19.7. The molecule has 1 heterocycles. The molecule has 0 aliphatic heterocycles. The first-order chi connectivity index (χ1) is 13.5. The molecule has 4 aromatic rings. The molecule has 28 heavy (non-hydrogen) atoms. The number of benzene rings is 3. The van der Waals surface area contributed by atoms with Crippen LogP contribution in [0.4, 0.5) is 0 Å². The molecule has 1 aromatic heterocycles. The fraction of sp³-hybridized carbons (Fsp3) is 0.0909. The summed E-state index contributed by atoms with van der Waals surface area (Å²) in [7, 11) is 0. The number of fused-ring (bicyclic) bond motifs is 1. The molecule has 5 nitrogen and oxygen atoms in total. The lowest BCUT2D eigenvalue weighted by molar-refractivity contribution is 0.103. The highest BCUT2D eigenvalue weighted by Gasteiger charge is 2.17. The maximum Gasteiger partial charge on any atom is 0.420 e. The van der Waals surface area contributed by atoms with Crippen molar-refractivity contribution in [3.8, 4) is 0 Å². The topological polar surface area (TPSA) is 72.4 Å². The molecule has 0 radical (unpaired) electrons. The molecule has 0 saturated carbocycles. The molecule has 0 bridgehead atoms. The van der Waals surface area contributed by atoms with Gasteiger partial charge in [0.05, 0.1) is 18.2 Å². The largest absolute Gasteiger partial charge is 0.420 e. The van der Waals surface area contributed by atoms with Crippen molar-refractivity contribution < 1.29 is 14.3 Å². The molecule has 1 N–H and O–H groups in total. The number of aliphatic hydroxyl groups excluding tert-OH is 1. The zero-order valence-electron chi connectivity index (χ0n) is 14.7. The van der Waals surface area contributed by atoms with Crippen LogP contribution in [0.5, 0.6) is 0 Å². The molecule has 0 spiro atoms. The summed E-state index contributed by atoms with van der Waals surface area (Å²) in [5.74, 6) is -0.778. The van der Waals surface area contributed by atoms with Gasteiger partial charge in [0.2, 0.25) is 0 Å². The number of rotatable bonds is 5. The number of aromatic nitrogens is 1. The number of hydrogen-bond donors (Lipinski definition) is 1. The van der Waals surface area contributed by atoms with Gasteiger partial charge in [-0.25, -0.2) is 4.79 Å². The summed E-state index contributed by atoms with van der Waals surface area (Å²) >= 11 is 5.86. The van der Waals surface area contributed by atoms with Gasteiger partial charge < -0.3 is 9.52 Å². The Balaban J connectivity index is 1.66. The summed E-state index contributed by atoms with van der Waals surface area (Å²) in [6.45, 7) is 0.0559. The summed E-state index contributed by atoms with van der Waals surface area (Å²) < 4.78 is 6.67. The number of aliphatic hydroxyl groups is 1. The molecule has 0 aliphatic rings. The molecular formula is C22H16ClNO4. The Labute approximate surface area is 165 Å². The van der Waals surface area contributed by atoms with E-state index < -0.39 is 11.9 Å². The van der Waals surface area contributed by atoms with Crippen molar-refractivity contribution in [2.75, 3.05) is 0 Å². The van der Waals surface area contributed by atoms with Gasteiger partial charge in [-0.2, -0.15) is 0 Å². The lowest BCUT2D eigenvalue weighted by Gasteiger charge is -2.11.